The summed E-state index contributed by atoms with van der Waals surface area (Å²) in [6.45, 7) is 1.77. The number of carbonyl (C=O) groups excluding carboxylic acids is 2. The number of ether oxygens (including phenoxy) is 1. The lowest BCUT2D eigenvalue weighted by atomic mass is 10.1. The van der Waals surface area contributed by atoms with E-state index in [9.17, 15) is 9.59 Å². The highest BCUT2D eigenvalue weighted by atomic mass is 35.5. The van der Waals surface area contributed by atoms with E-state index in [4.69, 9.17) is 27.9 Å². The minimum Gasteiger partial charge on any atom is -0.440 e. The molecule has 1 aliphatic heterocycles. The van der Waals surface area contributed by atoms with Crippen LogP contribution in [0.15, 0.2) is 65.9 Å². The van der Waals surface area contributed by atoms with Gasteiger partial charge in [0.05, 0.1) is 22.2 Å². The van der Waals surface area contributed by atoms with Crippen molar-refractivity contribution >= 4 is 40.8 Å². The number of amides is 1. The van der Waals surface area contributed by atoms with Gasteiger partial charge in [0, 0.05) is 26.2 Å². The predicted molar refractivity (Wildman–Crippen MR) is 113 cm³/mol. The molecule has 1 aliphatic rings. The van der Waals surface area contributed by atoms with Gasteiger partial charge in [0.25, 0.3) is 5.91 Å². The van der Waals surface area contributed by atoms with Crippen LogP contribution in [0.25, 0.3) is 0 Å². The number of para-hydroxylation sites is 1. The third-order valence-electron chi connectivity index (χ3n) is 4.49. The molecule has 8 heteroatoms. The summed E-state index contributed by atoms with van der Waals surface area (Å²) in [5.74, 6) is -0.816. The Morgan fingerprint density at radius 1 is 1.14 bits per heavy atom. The van der Waals surface area contributed by atoms with Crippen LogP contribution in [0.1, 0.15) is 12.5 Å². The first-order valence-corrected chi connectivity index (χ1v) is 9.91. The maximum atomic E-state index is 13.3. The van der Waals surface area contributed by atoms with Crippen LogP contribution in [-0.4, -0.2) is 36.0 Å². The largest absolute Gasteiger partial charge is 0.440 e. The number of benzene rings is 2. The van der Waals surface area contributed by atoms with Crippen LogP contribution in [0.3, 0.4) is 0 Å². The second-order valence-corrected chi connectivity index (χ2v) is 7.14. The maximum absolute atomic E-state index is 13.3. The number of nitrogens with one attached hydrogen (secondary N) is 1. The molecule has 1 N–H and O–H groups in total. The summed E-state index contributed by atoms with van der Waals surface area (Å²) in [5, 5.41) is 6.55. The molecule has 1 saturated heterocycles. The van der Waals surface area contributed by atoms with Crippen molar-refractivity contribution in [2.45, 2.75) is 19.7 Å². The number of esters is 1. The van der Waals surface area contributed by atoms with Crippen molar-refractivity contribution in [3.05, 3.63) is 76.5 Å². The number of likely N-dealkylation sites (N-methyl/N-ethyl adjacent to an activating group) is 1. The summed E-state index contributed by atoms with van der Waals surface area (Å²) in [5.41, 5.74) is 2.29. The van der Waals surface area contributed by atoms with Crippen molar-refractivity contribution in [3.63, 3.8) is 0 Å². The molecule has 152 valence electrons. The second-order valence-electron chi connectivity index (χ2n) is 6.47. The fraction of sp³-hybridized carbons (Fsp3) is 0.238. The average molecular weight is 434 g/mol. The van der Waals surface area contributed by atoms with Crippen LogP contribution >= 0.6 is 23.2 Å². The summed E-state index contributed by atoms with van der Waals surface area (Å²) < 4.78 is 5.46. The zero-order chi connectivity index (χ0) is 21.0. The lowest BCUT2D eigenvalue weighted by Crippen LogP contribution is -2.41. The molecule has 6 nitrogen and oxygen atoms in total. The number of halogens is 2. The molecule has 3 rings (SSSR count). The van der Waals surface area contributed by atoms with Gasteiger partial charge in [0.1, 0.15) is 0 Å². The fourth-order valence-corrected chi connectivity index (χ4v) is 3.60. The number of carbonyl (C=O) groups is 2. The second kappa shape index (κ2) is 9.31. The number of allylic oxidation sites excluding steroid dienone is 1. The minimum absolute atomic E-state index is 0.0515. The Morgan fingerprint density at radius 3 is 2.41 bits per heavy atom. The van der Waals surface area contributed by atoms with E-state index in [0.29, 0.717) is 23.0 Å². The SMILES string of the molecule is CC(=O)OC1C(=C(CCl)NCc2ccccc2)C(=O)N(c2ccccc2Cl)N1C. The molecule has 0 aromatic heterocycles. The fourth-order valence-electron chi connectivity index (χ4n) is 3.15. The third-order valence-corrected chi connectivity index (χ3v) is 5.08. The van der Waals surface area contributed by atoms with Crippen molar-refractivity contribution in [1.82, 2.24) is 10.3 Å². The Morgan fingerprint density at radius 2 is 1.79 bits per heavy atom. The number of hydrogen-bond acceptors (Lipinski definition) is 5. The topological polar surface area (TPSA) is 61.9 Å². The van der Waals surface area contributed by atoms with Gasteiger partial charge in [-0.05, 0) is 17.7 Å². The minimum atomic E-state index is -0.923. The zero-order valence-electron chi connectivity index (χ0n) is 16.1. The number of alkyl halides is 1. The first-order chi connectivity index (χ1) is 13.9. The van der Waals surface area contributed by atoms with Crippen molar-refractivity contribution in [1.29, 1.82) is 0 Å². The zero-order valence-corrected chi connectivity index (χ0v) is 17.6. The quantitative estimate of drug-likeness (QED) is 0.427. The Hall–Kier alpha value is -2.54. The first kappa shape index (κ1) is 21.2. The van der Waals surface area contributed by atoms with Crippen LogP contribution in [0.2, 0.25) is 5.02 Å². The predicted octanol–water partition coefficient (Wildman–Crippen LogP) is 3.71. The highest BCUT2D eigenvalue weighted by molar-refractivity contribution is 6.34. The molecule has 2 aromatic carbocycles. The Labute approximate surface area is 179 Å². The molecule has 1 unspecified atom stereocenters. The van der Waals surface area contributed by atoms with E-state index in [1.165, 1.54) is 16.9 Å². The highest BCUT2D eigenvalue weighted by Crippen LogP contribution is 2.35. The van der Waals surface area contributed by atoms with E-state index in [-0.39, 0.29) is 17.4 Å². The third kappa shape index (κ3) is 4.56. The summed E-state index contributed by atoms with van der Waals surface area (Å²) in [6.07, 6.45) is -0.923. The molecule has 1 atom stereocenters. The van der Waals surface area contributed by atoms with Gasteiger partial charge in [-0.2, -0.15) is 5.01 Å². The van der Waals surface area contributed by atoms with Gasteiger partial charge in [-0.25, -0.2) is 5.01 Å². The normalized spacial score (nSPS) is 18.7. The average Bonchev–Trinajstić information content (AvgIpc) is 2.94. The van der Waals surface area contributed by atoms with Crippen LogP contribution in [0.4, 0.5) is 5.69 Å². The molecular weight excluding hydrogens is 413 g/mol. The van der Waals surface area contributed by atoms with Gasteiger partial charge in [0.15, 0.2) is 0 Å². The molecule has 2 aromatic rings. The van der Waals surface area contributed by atoms with E-state index >= 15 is 0 Å². The maximum Gasteiger partial charge on any atom is 0.304 e. The van der Waals surface area contributed by atoms with Crippen LogP contribution < -0.4 is 10.3 Å². The van der Waals surface area contributed by atoms with Crippen LogP contribution in [-0.2, 0) is 20.9 Å². The number of hydrazine groups is 1. The van der Waals surface area contributed by atoms with Gasteiger partial charge in [-0.3, -0.25) is 9.59 Å². The number of hydrogen-bond donors (Lipinski definition) is 1. The van der Waals surface area contributed by atoms with Gasteiger partial charge >= 0.3 is 5.97 Å². The summed E-state index contributed by atoms with van der Waals surface area (Å²) in [7, 11) is 1.66. The summed E-state index contributed by atoms with van der Waals surface area (Å²) >= 11 is 12.5. The van der Waals surface area contributed by atoms with Gasteiger partial charge in [-0.15, -0.1) is 11.6 Å². The van der Waals surface area contributed by atoms with Gasteiger partial charge in [-0.1, -0.05) is 54.1 Å². The lowest BCUT2D eigenvalue weighted by Gasteiger charge is -2.27. The van der Waals surface area contributed by atoms with Gasteiger partial charge in [0.2, 0.25) is 6.23 Å². The first-order valence-electron chi connectivity index (χ1n) is 8.99. The van der Waals surface area contributed by atoms with E-state index < -0.39 is 12.2 Å². The molecular formula is C21H21Cl2N3O3. The van der Waals surface area contributed by atoms with E-state index in [1.807, 2.05) is 30.3 Å². The highest BCUT2D eigenvalue weighted by Gasteiger charge is 2.45. The van der Waals surface area contributed by atoms with E-state index in [0.717, 1.165) is 5.56 Å². The van der Waals surface area contributed by atoms with E-state index in [2.05, 4.69) is 5.32 Å². The van der Waals surface area contributed by atoms with Crippen molar-refractivity contribution in [2.24, 2.45) is 0 Å². The van der Waals surface area contributed by atoms with Crippen LogP contribution in [0, 0.1) is 0 Å². The van der Waals surface area contributed by atoms with E-state index in [1.54, 1.807) is 31.3 Å². The Kier molecular flexibility index (Phi) is 6.79. The van der Waals surface area contributed by atoms with Gasteiger partial charge < -0.3 is 10.1 Å². The summed E-state index contributed by atoms with van der Waals surface area (Å²) in [6, 6.07) is 16.7. The molecule has 0 radical (unpaired) electrons. The molecule has 1 heterocycles. The monoisotopic (exact) mass is 433 g/mol. The smallest absolute Gasteiger partial charge is 0.304 e. The molecule has 1 fully saturated rings. The lowest BCUT2D eigenvalue weighted by molar-refractivity contribution is -0.150. The van der Waals surface area contributed by atoms with Crippen LogP contribution in [0.5, 0.6) is 0 Å². The molecule has 0 aliphatic carbocycles. The molecule has 1 amide bonds. The number of nitrogens with zero attached hydrogens (tertiary/aromatic N) is 2. The Bertz CT molecular complexity index is 934. The number of anilines is 1. The van der Waals surface area contributed by atoms with Crippen molar-refractivity contribution in [3.8, 4) is 0 Å². The molecule has 0 spiro atoms. The van der Waals surface area contributed by atoms with Crippen molar-refractivity contribution in [2.75, 3.05) is 17.9 Å². The summed E-state index contributed by atoms with van der Waals surface area (Å²) in [4.78, 5) is 25.1. The molecule has 29 heavy (non-hydrogen) atoms. The Balaban J connectivity index is 2.00. The number of rotatable bonds is 6. The van der Waals surface area contributed by atoms with Crippen molar-refractivity contribution < 1.29 is 14.3 Å². The standard InChI is InChI=1S/C21H21Cl2N3O3/c1-14(27)29-21-19(17(12-22)24-13-15-8-4-3-5-9-15)20(28)26(25(21)2)18-11-7-6-10-16(18)23/h3-11,21,24H,12-13H2,1-2H3. The molecule has 0 saturated carbocycles. The molecule has 0 bridgehead atoms.